The van der Waals surface area contributed by atoms with E-state index >= 15 is 0 Å². The van der Waals surface area contributed by atoms with Crippen molar-refractivity contribution >= 4 is 23.3 Å². The van der Waals surface area contributed by atoms with Crippen LogP contribution in [0.15, 0.2) is 54.7 Å². The molecule has 1 aromatic heterocycles. The van der Waals surface area contributed by atoms with Crippen LogP contribution in [0.4, 0.5) is 15.9 Å². The van der Waals surface area contributed by atoms with Crippen molar-refractivity contribution < 1.29 is 14.0 Å². The molecule has 1 heterocycles. The first-order valence-corrected chi connectivity index (χ1v) is 9.63. The highest BCUT2D eigenvalue weighted by molar-refractivity contribution is 6.05. The van der Waals surface area contributed by atoms with Crippen LogP contribution in [0.1, 0.15) is 49.2 Å². The van der Waals surface area contributed by atoms with E-state index in [4.69, 9.17) is 0 Å². The Hall–Kier alpha value is -3.48. The summed E-state index contributed by atoms with van der Waals surface area (Å²) in [6, 6.07) is 13.7. The van der Waals surface area contributed by atoms with Crippen molar-refractivity contribution in [3.8, 4) is 0 Å². The zero-order valence-electron chi connectivity index (χ0n) is 17.5. The Morgan fingerprint density at radius 1 is 1.03 bits per heavy atom. The van der Waals surface area contributed by atoms with Crippen LogP contribution in [0.5, 0.6) is 0 Å². The predicted molar refractivity (Wildman–Crippen MR) is 115 cm³/mol. The Labute approximate surface area is 175 Å². The fraction of sp³-hybridized carbons (Fsp3) is 0.261. The maximum Gasteiger partial charge on any atom is 0.259 e. The fourth-order valence-corrected chi connectivity index (χ4v) is 3.01. The predicted octanol–water partition coefficient (Wildman–Crippen LogP) is 4.58. The number of carbonyl (C=O) groups is 2. The topological polar surface area (TPSA) is 76.0 Å². The van der Waals surface area contributed by atoms with Gasteiger partial charge in [-0.1, -0.05) is 45.0 Å². The highest BCUT2D eigenvalue weighted by Gasteiger charge is 2.16. The number of halogens is 1. The zero-order chi connectivity index (χ0) is 21.9. The lowest BCUT2D eigenvalue weighted by molar-refractivity contribution is -0.114. The van der Waals surface area contributed by atoms with E-state index in [2.05, 4.69) is 48.6 Å². The number of hydrogen-bond acceptors (Lipinski definition) is 3. The molecule has 0 aliphatic rings. The Balaban J connectivity index is 1.76. The monoisotopic (exact) mass is 408 g/mol. The van der Waals surface area contributed by atoms with Gasteiger partial charge in [-0.3, -0.25) is 9.59 Å². The largest absolute Gasteiger partial charge is 0.326 e. The van der Waals surface area contributed by atoms with Gasteiger partial charge in [0, 0.05) is 18.7 Å². The molecule has 0 atom stereocenters. The Morgan fingerprint density at radius 2 is 1.73 bits per heavy atom. The average molecular weight is 408 g/mol. The number of nitrogens with one attached hydrogen (secondary N) is 2. The summed E-state index contributed by atoms with van der Waals surface area (Å²) >= 11 is 0. The van der Waals surface area contributed by atoms with Crippen LogP contribution >= 0.6 is 0 Å². The minimum absolute atomic E-state index is 0.0687. The molecule has 0 aliphatic heterocycles. The quantitative estimate of drug-likeness (QED) is 0.649. The lowest BCUT2D eigenvalue weighted by Gasteiger charge is -2.19. The van der Waals surface area contributed by atoms with Crippen molar-refractivity contribution in [1.29, 1.82) is 0 Å². The number of benzene rings is 2. The maximum atomic E-state index is 14.2. The van der Waals surface area contributed by atoms with Gasteiger partial charge in [0.25, 0.3) is 5.91 Å². The lowest BCUT2D eigenvalue weighted by atomic mass is 9.87. The van der Waals surface area contributed by atoms with Gasteiger partial charge in [0.05, 0.1) is 18.3 Å². The minimum Gasteiger partial charge on any atom is -0.326 e. The first kappa shape index (κ1) is 21.2. The van der Waals surface area contributed by atoms with E-state index < -0.39 is 11.7 Å². The number of nitrogens with zero attached hydrogens (tertiary/aromatic N) is 2. The molecule has 30 heavy (non-hydrogen) atoms. The van der Waals surface area contributed by atoms with E-state index in [9.17, 15) is 14.0 Å². The molecule has 0 aliphatic carbocycles. The standard InChI is InChI=1S/C23H25FN4O2/c1-15(29)26-18-9-10-20(24)19(13-18)22(30)27-21-11-12-25-28(21)14-16-5-7-17(8-6-16)23(2,3)4/h5-13H,14H2,1-4H3,(H,26,29)(H,27,30). The SMILES string of the molecule is CC(=O)Nc1ccc(F)c(C(=O)Nc2ccnn2Cc2ccc(C(C)(C)C)cc2)c1. The van der Waals surface area contributed by atoms with Gasteiger partial charge in [-0.2, -0.15) is 5.10 Å². The van der Waals surface area contributed by atoms with Gasteiger partial charge in [-0.05, 0) is 34.7 Å². The van der Waals surface area contributed by atoms with Crippen LogP contribution in [0.3, 0.4) is 0 Å². The summed E-state index contributed by atoms with van der Waals surface area (Å²) < 4.78 is 15.8. The van der Waals surface area contributed by atoms with E-state index in [1.54, 1.807) is 16.9 Å². The van der Waals surface area contributed by atoms with E-state index in [1.807, 2.05) is 12.1 Å². The Bertz CT molecular complexity index is 1070. The second-order valence-corrected chi connectivity index (χ2v) is 8.15. The number of carbonyl (C=O) groups excluding carboxylic acids is 2. The highest BCUT2D eigenvalue weighted by Crippen LogP contribution is 2.23. The fourth-order valence-electron chi connectivity index (χ4n) is 3.01. The molecule has 6 nitrogen and oxygen atoms in total. The van der Waals surface area contributed by atoms with Crippen molar-refractivity contribution in [3.63, 3.8) is 0 Å². The molecule has 3 aromatic rings. The molecule has 0 unspecified atom stereocenters. The maximum absolute atomic E-state index is 14.2. The number of hydrogen-bond donors (Lipinski definition) is 2. The number of anilines is 2. The number of rotatable bonds is 5. The summed E-state index contributed by atoms with van der Waals surface area (Å²) in [7, 11) is 0. The third-order valence-electron chi connectivity index (χ3n) is 4.64. The summed E-state index contributed by atoms with van der Waals surface area (Å²) in [6.45, 7) is 8.27. The van der Waals surface area contributed by atoms with E-state index in [1.165, 1.54) is 24.6 Å². The second-order valence-electron chi connectivity index (χ2n) is 8.15. The lowest BCUT2D eigenvalue weighted by Crippen LogP contribution is -2.18. The van der Waals surface area contributed by atoms with Gasteiger partial charge < -0.3 is 10.6 Å². The molecular weight excluding hydrogens is 383 g/mol. The third kappa shape index (κ3) is 5.11. The van der Waals surface area contributed by atoms with Crippen LogP contribution in [-0.4, -0.2) is 21.6 Å². The van der Waals surface area contributed by atoms with E-state index in [0.717, 1.165) is 11.6 Å². The van der Waals surface area contributed by atoms with Crippen LogP contribution in [0.25, 0.3) is 0 Å². The van der Waals surface area contributed by atoms with Crippen molar-refractivity contribution in [1.82, 2.24) is 9.78 Å². The molecule has 0 spiro atoms. The Kier molecular flexibility index (Phi) is 6.01. The molecule has 156 valence electrons. The van der Waals surface area contributed by atoms with Crippen LogP contribution in [0, 0.1) is 5.82 Å². The smallest absolute Gasteiger partial charge is 0.259 e. The average Bonchev–Trinajstić information content (AvgIpc) is 3.09. The van der Waals surface area contributed by atoms with Crippen molar-refractivity contribution in [2.45, 2.75) is 39.7 Å². The molecule has 0 radical (unpaired) electrons. The molecule has 2 amide bonds. The second kappa shape index (κ2) is 8.49. The molecule has 0 saturated heterocycles. The number of amides is 2. The van der Waals surface area contributed by atoms with Gasteiger partial charge in [0.15, 0.2) is 0 Å². The van der Waals surface area contributed by atoms with Gasteiger partial charge >= 0.3 is 0 Å². The molecule has 0 saturated carbocycles. The molecule has 0 fully saturated rings. The van der Waals surface area contributed by atoms with Crippen molar-refractivity contribution in [2.75, 3.05) is 10.6 Å². The van der Waals surface area contributed by atoms with Crippen LogP contribution in [0.2, 0.25) is 0 Å². The summed E-state index contributed by atoms with van der Waals surface area (Å²) in [5, 5.41) is 9.49. The van der Waals surface area contributed by atoms with Gasteiger partial charge in [-0.25, -0.2) is 9.07 Å². The zero-order valence-corrected chi connectivity index (χ0v) is 17.5. The van der Waals surface area contributed by atoms with E-state index in [0.29, 0.717) is 18.1 Å². The van der Waals surface area contributed by atoms with Gasteiger partial charge in [-0.15, -0.1) is 0 Å². The van der Waals surface area contributed by atoms with Gasteiger partial charge in [0.1, 0.15) is 11.6 Å². The molecule has 7 heteroatoms. The van der Waals surface area contributed by atoms with Gasteiger partial charge in [0.2, 0.25) is 5.91 Å². The minimum atomic E-state index is -0.676. The van der Waals surface area contributed by atoms with Crippen molar-refractivity contribution in [3.05, 3.63) is 77.2 Å². The summed E-state index contributed by atoms with van der Waals surface area (Å²) in [5.41, 5.74) is 2.51. The van der Waals surface area contributed by atoms with Crippen molar-refractivity contribution in [2.24, 2.45) is 0 Å². The third-order valence-corrected chi connectivity index (χ3v) is 4.64. The van der Waals surface area contributed by atoms with E-state index in [-0.39, 0.29) is 16.9 Å². The first-order valence-electron chi connectivity index (χ1n) is 9.63. The first-order chi connectivity index (χ1) is 14.1. The number of aromatic nitrogens is 2. The molecule has 2 aromatic carbocycles. The van der Waals surface area contributed by atoms with Crippen LogP contribution in [-0.2, 0) is 16.8 Å². The summed E-state index contributed by atoms with van der Waals surface area (Å²) in [6.07, 6.45) is 1.57. The normalized spacial score (nSPS) is 11.2. The molecule has 3 rings (SSSR count). The Morgan fingerprint density at radius 3 is 2.37 bits per heavy atom. The van der Waals surface area contributed by atoms with Crippen LogP contribution < -0.4 is 10.6 Å². The molecule has 0 bridgehead atoms. The highest BCUT2D eigenvalue weighted by atomic mass is 19.1. The summed E-state index contributed by atoms with van der Waals surface area (Å²) in [5.74, 6) is -1.15. The summed E-state index contributed by atoms with van der Waals surface area (Å²) in [4.78, 5) is 23.8. The molecular formula is C23H25FN4O2. The molecule has 2 N–H and O–H groups in total.